The average molecular weight is 276 g/mol. The van der Waals surface area contributed by atoms with Crippen LogP contribution in [0, 0.1) is 20.8 Å². The fraction of sp³-hybridized carbons (Fsp3) is 0.571. The van der Waals surface area contributed by atoms with E-state index >= 15 is 0 Å². The van der Waals surface area contributed by atoms with E-state index in [1.807, 2.05) is 6.92 Å². The summed E-state index contributed by atoms with van der Waals surface area (Å²) in [5.74, 6) is 1.88. The Labute approximate surface area is 117 Å². The van der Waals surface area contributed by atoms with Gasteiger partial charge in [-0.3, -0.25) is 0 Å². The Morgan fingerprint density at radius 1 is 1.16 bits per heavy atom. The molecule has 0 radical (unpaired) electrons. The molecule has 4 nitrogen and oxygen atoms in total. The first-order valence-electron chi connectivity index (χ1n) is 6.86. The van der Waals surface area contributed by atoms with Crippen LogP contribution in [0.15, 0.2) is 0 Å². The van der Waals surface area contributed by atoms with Crippen LogP contribution in [0.3, 0.4) is 0 Å². The third-order valence-electron chi connectivity index (χ3n) is 3.82. The molecule has 0 unspecified atom stereocenters. The van der Waals surface area contributed by atoms with Crippen molar-refractivity contribution in [3.63, 3.8) is 0 Å². The second-order valence-electron chi connectivity index (χ2n) is 5.25. The Kier molecular flexibility index (Phi) is 3.41. The van der Waals surface area contributed by atoms with Crippen molar-refractivity contribution in [3.8, 4) is 0 Å². The summed E-state index contributed by atoms with van der Waals surface area (Å²) in [6.07, 6.45) is 2.32. The summed E-state index contributed by atoms with van der Waals surface area (Å²) in [7, 11) is 0. The van der Waals surface area contributed by atoms with Gasteiger partial charge >= 0.3 is 0 Å². The highest BCUT2D eigenvalue weighted by molar-refractivity contribution is 7.18. The van der Waals surface area contributed by atoms with Crippen LogP contribution in [0.1, 0.15) is 29.1 Å². The lowest BCUT2D eigenvalue weighted by Crippen LogP contribution is -2.35. The number of hydrogen-bond donors (Lipinski definition) is 2. The first-order chi connectivity index (χ1) is 9.15. The molecule has 3 rings (SSSR count). The van der Waals surface area contributed by atoms with Crippen molar-refractivity contribution >= 4 is 27.4 Å². The van der Waals surface area contributed by atoms with Gasteiger partial charge in [-0.2, -0.15) is 0 Å². The van der Waals surface area contributed by atoms with Gasteiger partial charge in [-0.15, -0.1) is 11.3 Å². The predicted molar refractivity (Wildman–Crippen MR) is 81.1 cm³/mol. The Hall–Kier alpha value is -1.20. The third kappa shape index (κ3) is 2.44. The highest BCUT2D eigenvalue weighted by Crippen LogP contribution is 2.33. The molecule has 0 amide bonds. The van der Waals surface area contributed by atoms with E-state index in [1.165, 1.54) is 15.8 Å². The van der Waals surface area contributed by atoms with Gasteiger partial charge in [0.25, 0.3) is 0 Å². The van der Waals surface area contributed by atoms with Crippen molar-refractivity contribution in [1.29, 1.82) is 0 Å². The molecule has 2 aromatic rings. The van der Waals surface area contributed by atoms with Gasteiger partial charge < -0.3 is 10.6 Å². The molecule has 2 aromatic heterocycles. The van der Waals surface area contributed by atoms with Gasteiger partial charge in [-0.25, -0.2) is 9.97 Å². The smallest absolute Gasteiger partial charge is 0.139 e. The molecule has 1 aliphatic heterocycles. The van der Waals surface area contributed by atoms with E-state index < -0.39 is 0 Å². The van der Waals surface area contributed by atoms with E-state index in [4.69, 9.17) is 0 Å². The standard InChI is InChI=1S/C14H20N4S/c1-8-9(2)19-14-12(8)13(16-10(3)17-14)18-11-4-6-15-7-5-11/h11,15H,4-7H2,1-3H3,(H,16,17,18). The van der Waals surface area contributed by atoms with Crippen LogP contribution in [-0.4, -0.2) is 29.1 Å². The minimum absolute atomic E-state index is 0.526. The maximum atomic E-state index is 4.63. The summed E-state index contributed by atoms with van der Waals surface area (Å²) in [6.45, 7) is 8.47. The molecule has 1 aliphatic rings. The van der Waals surface area contributed by atoms with Crippen LogP contribution in [0.2, 0.25) is 0 Å². The molecular formula is C14H20N4S. The van der Waals surface area contributed by atoms with E-state index in [2.05, 4.69) is 34.4 Å². The number of thiophene rings is 1. The van der Waals surface area contributed by atoms with Crippen LogP contribution in [-0.2, 0) is 0 Å². The molecule has 19 heavy (non-hydrogen) atoms. The lowest BCUT2D eigenvalue weighted by Gasteiger charge is -2.24. The number of fused-ring (bicyclic) bond motifs is 1. The molecule has 0 spiro atoms. The zero-order valence-corrected chi connectivity index (χ0v) is 12.5. The number of hydrogen-bond acceptors (Lipinski definition) is 5. The number of piperidine rings is 1. The van der Waals surface area contributed by atoms with E-state index in [-0.39, 0.29) is 0 Å². The van der Waals surface area contributed by atoms with Crippen LogP contribution in [0.4, 0.5) is 5.82 Å². The Morgan fingerprint density at radius 2 is 1.89 bits per heavy atom. The Bertz CT molecular complexity index is 599. The van der Waals surface area contributed by atoms with Gasteiger partial charge in [0.15, 0.2) is 0 Å². The molecular weight excluding hydrogens is 256 g/mol. The van der Waals surface area contributed by atoms with Crippen LogP contribution in [0.25, 0.3) is 10.2 Å². The molecule has 0 saturated carbocycles. The van der Waals surface area contributed by atoms with Crippen molar-refractivity contribution in [2.45, 2.75) is 39.7 Å². The van der Waals surface area contributed by atoms with Crippen molar-refractivity contribution in [2.75, 3.05) is 18.4 Å². The Morgan fingerprint density at radius 3 is 2.63 bits per heavy atom. The summed E-state index contributed by atoms with van der Waals surface area (Å²) >= 11 is 1.77. The fourth-order valence-corrected chi connectivity index (χ4v) is 3.70. The van der Waals surface area contributed by atoms with E-state index in [0.29, 0.717) is 6.04 Å². The van der Waals surface area contributed by atoms with Crippen molar-refractivity contribution in [3.05, 3.63) is 16.3 Å². The topological polar surface area (TPSA) is 49.8 Å². The molecule has 5 heteroatoms. The molecule has 0 atom stereocenters. The first-order valence-corrected chi connectivity index (χ1v) is 7.68. The number of rotatable bonds is 2. The van der Waals surface area contributed by atoms with E-state index in [1.54, 1.807) is 11.3 Å². The summed E-state index contributed by atoms with van der Waals surface area (Å²) in [6, 6.07) is 0.526. The van der Waals surface area contributed by atoms with Gasteiger partial charge in [0.05, 0.1) is 5.39 Å². The fourth-order valence-electron chi connectivity index (χ4n) is 2.62. The molecule has 1 saturated heterocycles. The van der Waals surface area contributed by atoms with Gasteiger partial charge in [0.2, 0.25) is 0 Å². The molecule has 0 aliphatic carbocycles. The zero-order chi connectivity index (χ0) is 13.4. The lowest BCUT2D eigenvalue weighted by molar-refractivity contribution is 0.478. The quantitative estimate of drug-likeness (QED) is 0.885. The Balaban J connectivity index is 2.01. The molecule has 2 N–H and O–H groups in total. The van der Waals surface area contributed by atoms with Crippen LogP contribution in [0.5, 0.6) is 0 Å². The highest BCUT2D eigenvalue weighted by atomic mass is 32.1. The normalized spacial score (nSPS) is 17.0. The van der Waals surface area contributed by atoms with Gasteiger partial charge in [-0.05, 0) is 52.3 Å². The number of nitrogens with zero attached hydrogens (tertiary/aromatic N) is 2. The van der Waals surface area contributed by atoms with Crippen LogP contribution < -0.4 is 10.6 Å². The summed E-state index contributed by atoms with van der Waals surface area (Å²) in [5, 5.41) is 8.24. The van der Waals surface area contributed by atoms with E-state index in [9.17, 15) is 0 Å². The monoisotopic (exact) mass is 276 g/mol. The van der Waals surface area contributed by atoms with E-state index in [0.717, 1.165) is 42.4 Å². The van der Waals surface area contributed by atoms with Crippen molar-refractivity contribution in [1.82, 2.24) is 15.3 Å². The largest absolute Gasteiger partial charge is 0.367 e. The minimum atomic E-state index is 0.526. The predicted octanol–water partition coefficient (Wildman–Crippen LogP) is 2.78. The average Bonchev–Trinajstić information content (AvgIpc) is 2.66. The number of nitrogens with one attached hydrogen (secondary N) is 2. The zero-order valence-electron chi connectivity index (χ0n) is 11.7. The maximum absolute atomic E-state index is 4.63. The summed E-state index contributed by atoms with van der Waals surface area (Å²) in [5.41, 5.74) is 1.32. The first kappa shape index (κ1) is 12.8. The number of anilines is 1. The molecule has 0 aromatic carbocycles. The number of aromatic nitrogens is 2. The SMILES string of the molecule is Cc1nc(NC2CCNCC2)c2c(C)c(C)sc2n1. The van der Waals surface area contributed by atoms with Gasteiger partial charge in [-0.1, -0.05) is 0 Å². The molecule has 1 fully saturated rings. The molecule has 3 heterocycles. The summed E-state index contributed by atoms with van der Waals surface area (Å²) in [4.78, 5) is 11.6. The van der Waals surface area contributed by atoms with Crippen molar-refractivity contribution in [2.24, 2.45) is 0 Å². The van der Waals surface area contributed by atoms with Gasteiger partial charge in [0.1, 0.15) is 16.5 Å². The second kappa shape index (κ2) is 5.06. The minimum Gasteiger partial charge on any atom is -0.367 e. The molecule has 0 bridgehead atoms. The lowest BCUT2D eigenvalue weighted by atomic mass is 10.1. The highest BCUT2D eigenvalue weighted by Gasteiger charge is 2.18. The third-order valence-corrected chi connectivity index (χ3v) is 4.92. The van der Waals surface area contributed by atoms with Crippen molar-refractivity contribution < 1.29 is 0 Å². The summed E-state index contributed by atoms with van der Waals surface area (Å²) < 4.78 is 0. The van der Waals surface area contributed by atoms with Crippen LogP contribution >= 0.6 is 11.3 Å². The maximum Gasteiger partial charge on any atom is 0.139 e. The van der Waals surface area contributed by atoms with Gasteiger partial charge in [0, 0.05) is 10.9 Å². The number of aryl methyl sites for hydroxylation is 3. The second-order valence-corrected chi connectivity index (χ2v) is 6.45. The molecule has 102 valence electrons.